The number of carbonyl (C=O) groups excluding carboxylic acids is 1. The van der Waals surface area contributed by atoms with Crippen molar-refractivity contribution in [3.8, 4) is 0 Å². The number of esters is 1. The van der Waals surface area contributed by atoms with Crippen molar-refractivity contribution in [3.05, 3.63) is 34.3 Å². The van der Waals surface area contributed by atoms with Crippen LogP contribution >= 0.6 is 11.6 Å². The second kappa shape index (κ2) is 4.21. The molecule has 82 valence electrons. The third-order valence-electron chi connectivity index (χ3n) is 2.08. The van der Waals surface area contributed by atoms with Gasteiger partial charge in [-0.05, 0) is 31.5 Å². The van der Waals surface area contributed by atoms with Crippen LogP contribution in [0.1, 0.15) is 29.8 Å². The molecule has 0 atom stereocenters. The molecule has 0 fully saturated rings. The summed E-state index contributed by atoms with van der Waals surface area (Å²) >= 11 is 5.90. The van der Waals surface area contributed by atoms with Gasteiger partial charge in [0.2, 0.25) is 0 Å². The molecular weight excluding hydrogens is 216 g/mol. The molecule has 0 radical (unpaired) electrons. The average molecular weight is 229 g/mol. The molecule has 1 rings (SSSR count). The van der Waals surface area contributed by atoms with Crippen molar-refractivity contribution in [3.63, 3.8) is 0 Å². The molecule has 0 aliphatic heterocycles. The molecule has 0 spiro atoms. The Bertz CT molecular complexity index is 380. The summed E-state index contributed by atoms with van der Waals surface area (Å²) in [5, 5.41) is 10.0. The van der Waals surface area contributed by atoms with Gasteiger partial charge in [-0.2, -0.15) is 0 Å². The van der Waals surface area contributed by atoms with E-state index in [1.54, 1.807) is 32.0 Å². The van der Waals surface area contributed by atoms with Crippen molar-refractivity contribution in [2.45, 2.75) is 19.4 Å². The van der Waals surface area contributed by atoms with Gasteiger partial charge in [0.05, 0.1) is 23.3 Å². The molecule has 0 aliphatic rings. The van der Waals surface area contributed by atoms with Crippen LogP contribution in [-0.2, 0) is 10.3 Å². The molecule has 0 unspecified atom stereocenters. The summed E-state index contributed by atoms with van der Waals surface area (Å²) in [5.74, 6) is -0.484. The van der Waals surface area contributed by atoms with Gasteiger partial charge in [-0.25, -0.2) is 4.79 Å². The average Bonchev–Trinajstić information content (AvgIpc) is 2.15. The molecule has 15 heavy (non-hydrogen) atoms. The Morgan fingerprint density at radius 3 is 2.47 bits per heavy atom. The van der Waals surface area contributed by atoms with Gasteiger partial charge < -0.3 is 9.84 Å². The topological polar surface area (TPSA) is 46.5 Å². The summed E-state index contributed by atoms with van der Waals surface area (Å²) in [6.07, 6.45) is 0. The summed E-state index contributed by atoms with van der Waals surface area (Å²) in [4.78, 5) is 11.2. The zero-order valence-corrected chi connectivity index (χ0v) is 9.63. The maximum atomic E-state index is 11.2. The van der Waals surface area contributed by atoms with E-state index in [2.05, 4.69) is 4.74 Å². The number of aliphatic hydroxyl groups is 1. The van der Waals surface area contributed by atoms with Gasteiger partial charge in [-0.15, -0.1) is 0 Å². The summed E-state index contributed by atoms with van der Waals surface area (Å²) < 4.78 is 4.56. The fourth-order valence-corrected chi connectivity index (χ4v) is 1.43. The predicted molar refractivity (Wildman–Crippen MR) is 58.0 cm³/mol. The van der Waals surface area contributed by atoms with Crippen LogP contribution in [0, 0.1) is 0 Å². The summed E-state index contributed by atoms with van der Waals surface area (Å²) in [7, 11) is 1.29. The zero-order valence-electron chi connectivity index (χ0n) is 8.87. The van der Waals surface area contributed by atoms with E-state index in [0.29, 0.717) is 11.1 Å². The van der Waals surface area contributed by atoms with Crippen LogP contribution in [-0.4, -0.2) is 18.2 Å². The smallest absolute Gasteiger partial charge is 0.339 e. The lowest BCUT2D eigenvalue weighted by atomic mass is 9.97. The lowest BCUT2D eigenvalue weighted by Gasteiger charge is -2.18. The maximum absolute atomic E-state index is 11.2. The van der Waals surface area contributed by atoms with Gasteiger partial charge in [0, 0.05) is 0 Å². The monoisotopic (exact) mass is 228 g/mol. The first-order chi connectivity index (χ1) is 6.86. The van der Waals surface area contributed by atoms with Crippen molar-refractivity contribution in [2.75, 3.05) is 7.11 Å². The maximum Gasteiger partial charge on any atom is 0.339 e. The number of carbonyl (C=O) groups is 1. The number of hydrogen-bond acceptors (Lipinski definition) is 3. The van der Waals surface area contributed by atoms with Crippen molar-refractivity contribution in [1.29, 1.82) is 0 Å². The molecule has 0 aliphatic carbocycles. The first kappa shape index (κ1) is 12.0. The number of ether oxygens (including phenoxy) is 1. The number of hydrogen-bond donors (Lipinski definition) is 1. The third kappa shape index (κ3) is 2.70. The van der Waals surface area contributed by atoms with E-state index in [9.17, 15) is 9.90 Å². The molecule has 0 saturated heterocycles. The van der Waals surface area contributed by atoms with Crippen LogP contribution in [0.5, 0.6) is 0 Å². The number of benzene rings is 1. The minimum absolute atomic E-state index is 0.279. The molecule has 0 saturated carbocycles. The van der Waals surface area contributed by atoms with E-state index in [-0.39, 0.29) is 5.02 Å². The highest BCUT2D eigenvalue weighted by Gasteiger charge is 2.19. The van der Waals surface area contributed by atoms with Gasteiger partial charge in [-0.3, -0.25) is 0 Å². The predicted octanol–water partition coefficient (Wildman–Crippen LogP) is 2.35. The van der Waals surface area contributed by atoms with Crippen molar-refractivity contribution in [1.82, 2.24) is 0 Å². The fourth-order valence-electron chi connectivity index (χ4n) is 1.17. The quantitative estimate of drug-likeness (QED) is 0.791. The van der Waals surface area contributed by atoms with Gasteiger partial charge in [0.25, 0.3) is 0 Å². The molecule has 4 heteroatoms. The Kier molecular flexibility index (Phi) is 3.37. The highest BCUT2D eigenvalue weighted by molar-refractivity contribution is 6.33. The summed E-state index contributed by atoms with van der Waals surface area (Å²) in [6, 6.07) is 4.76. The van der Waals surface area contributed by atoms with E-state index in [1.165, 1.54) is 7.11 Å². The minimum atomic E-state index is -0.974. The van der Waals surface area contributed by atoms with Crippen molar-refractivity contribution in [2.24, 2.45) is 0 Å². The summed E-state index contributed by atoms with van der Waals surface area (Å²) in [6.45, 7) is 3.30. The molecular formula is C11H13ClO3. The standard InChI is InChI=1S/C11H13ClO3/c1-11(2,14)7-4-5-8(9(12)6-7)10(13)15-3/h4-6,14H,1-3H3. The van der Waals surface area contributed by atoms with Crippen LogP contribution < -0.4 is 0 Å². The van der Waals surface area contributed by atoms with Crippen molar-refractivity contribution < 1.29 is 14.6 Å². The first-order valence-corrected chi connectivity index (χ1v) is 4.85. The van der Waals surface area contributed by atoms with E-state index in [4.69, 9.17) is 11.6 Å². The van der Waals surface area contributed by atoms with Crippen LogP contribution in [0.25, 0.3) is 0 Å². The molecule has 0 heterocycles. The largest absolute Gasteiger partial charge is 0.465 e. The SMILES string of the molecule is COC(=O)c1ccc(C(C)(C)O)cc1Cl. The van der Waals surface area contributed by atoms with Gasteiger partial charge in [0.1, 0.15) is 0 Å². The lowest BCUT2D eigenvalue weighted by Crippen LogP contribution is -2.16. The highest BCUT2D eigenvalue weighted by Crippen LogP contribution is 2.25. The highest BCUT2D eigenvalue weighted by atomic mass is 35.5. The lowest BCUT2D eigenvalue weighted by molar-refractivity contribution is 0.0598. The Morgan fingerprint density at radius 1 is 1.47 bits per heavy atom. The van der Waals surface area contributed by atoms with E-state index in [0.717, 1.165) is 0 Å². The van der Waals surface area contributed by atoms with Crippen LogP contribution in [0.2, 0.25) is 5.02 Å². The van der Waals surface area contributed by atoms with E-state index < -0.39 is 11.6 Å². The molecule has 1 aromatic carbocycles. The zero-order chi connectivity index (χ0) is 11.6. The van der Waals surface area contributed by atoms with Gasteiger partial charge >= 0.3 is 5.97 Å². The molecule has 1 N–H and O–H groups in total. The summed E-state index contributed by atoms with van der Waals surface area (Å²) in [5.41, 5.74) is -0.0227. The molecule has 3 nitrogen and oxygen atoms in total. The molecule has 0 bridgehead atoms. The van der Waals surface area contributed by atoms with Crippen LogP contribution in [0.4, 0.5) is 0 Å². The number of rotatable bonds is 2. The normalized spacial score (nSPS) is 11.3. The molecule has 0 amide bonds. The van der Waals surface area contributed by atoms with E-state index in [1.807, 2.05) is 0 Å². The molecule has 0 aromatic heterocycles. The number of halogens is 1. The van der Waals surface area contributed by atoms with Crippen molar-refractivity contribution >= 4 is 17.6 Å². The Morgan fingerprint density at radius 2 is 2.07 bits per heavy atom. The Labute approximate surface area is 93.6 Å². The van der Waals surface area contributed by atoms with Crippen LogP contribution in [0.15, 0.2) is 18.2 Å². The molecule has 1 aromatic rings. The number of methoxy groups -OCH3 is 1. The second-order valence-electron chi connectivity index (χ2n) is 3.75. The fraction of sp³-hybridized carbons (Fsp3) is 0.364. The Hall–Kier alpha value is -1.06. The van der Waals surface area contributed by atoms with E-state index >= 15 is 0 Å². The van der Waals surface area contributed by atoms with Gasteiger partial charge in [0.15, 0.2) is 0 Å². The van der Waals surface area contributed by atoms with Gasteiger partial charge in [-0.1, -0.05) is 17.7 Å². The second-order valence-corrected chi connectivity index (χ2v) is 4.15. The first-order valence-electron chi connectivity index (χ1n) is 4.47. The third-order valence-corrected chi connectivity index (χ3v) is 2.39. The van der Waals surface area contributed by atoms with Crippen LogP contribution in [0.3, 0.4) is 0 Å². The Balaban J connectivity index is 3.15. The minimum Gasteiger partial charge on any atom is -0.465 e.